The zero-order valence-electron chi connectivity index (χ0n) is 13.3. The highest BCUT2D eigenvalue weighted by Crippen LogP contribution is 2.45. The Morgan fingerprint density at radius 1 is 1.24 bits per heavy atom. The van der Waals surface area contributed by atoms with E-state index in [4.69, 9.17) is 5.73 Å². The van der Waals surface area contributed by atoms with Gasteiger partial charge in [0.2, 0.25) is 0 Å². The highest BCUT2D eigenvalue weighted by Gasteiger charge is 2.39. The lowest BCUT2D eigenvalue weighted by molar-refractivity contribution is 0.0713. The van der Waals surface area contributed by atoms with Crippen LogP contribution in [0.3, 0.4) is 0 Å². The van der Waals surface area contributed by atoms with Crippen molar-refractivity contribution in [1.82, 2.24) is 5.32 Å². The van der Waals surface area contributed by atoms with Crippen LogP contribution in [-0.4, -0.2) is 11.9 Å². The summed E-state index contributed by atoms with van der Waals surface area (Å²) in [6.07, 6.45) is 3.22. The van der Waals surface area contributed by atoms with Crippen LogP contribution >= 0.6 is 15.9 Å². The van der Waals surface area contributed by atoms with Gasteiger partial charge < -0.3 is 11.1 Å². The van der Waals surface area contributed by atoms with Crippen molar-refractivity contribution in [1.29, 1.82) is 0 Å². The fourth-order valence-corrected chi connectivity index (χ4v) is 4.38. The number of nitrogens with two attached hydrogens (primary N) is 1. The maximum absolute atomic E-state index is 12.5. The molecule has 0 radical (unpaired) electrons. The maximum Gasteiger partial charge on any atom is 0.252 e. The number of carbonyl (C=O) groups excluding carboxylic acids is 1. The van der Waals surface area contributed by atoms with E-state index >= 15 is 0 Å². The first kappa shape index (κ1) is 16.3. The van der Waals surface area contributed by atoms with Gasteiger partial charge in [-0.3, -0.25) is 4.79 Å². The van der Waals surface area contributed by atoms with Gasteiger partial charge in [0.05, 0.1) is 10.0 Å². The Morgan fingerprint density at radius 2 is 1.81 bits per heavy atom. The number of benzene rings is 1. The zero-order chi connectivity index (χ0) is 15.8. The third kappa shape index (κ3) is 4.00. The van der Waals surface area contributed by atoms with Gasteiger partial charge in [-0.1, -0.05) is 33.8 Å². The number of rotatable bonds is 2. The molecule has 116 valence electrons. The largest absolute Gasteiger partial charge is 0.398 e. The summed E-state index contributed by atoms with van der Waals surface area (Å²) >= 11 is 3.40. The van der Waals surface area contributed by atoms with E-state index < -0.39 is 0 Å². The van der Waals surface area contributed by atoms with Crippen molar-refractivity contribution in [2.24, 2.45) is 10.8 Å². The summed E-state index contributed by atoms with van der Waals surface area (Å²) in [6, 6.07) is 5.61. The van der Waals surface area contributed by atoms with Crippen molar-refractivity contribution in [3.63, 3.8) is 0 Å². The van der Waals surface area contributed by atoms with E-state index in [9.17, 15) is 4.79 Å². The molecular weight excluding hydrogens is 328 g/mol. The van der Waals surface area contributed by atoms with Crippen molar-refractivity contribution < 1.29 is 4.79 Å². The molecule has 0 heterocycles. The van der Waals surface area contributed by atoms with Crippen molar-refractivity contribution in [2.45, 2.75) is 53.0 Å². The first-order chi connectivity index (χ1) is 9.60. The topological polar surface area (TPSA) is 55.1 Å². The smallest absolute Gasteiger partial charge is 0.252 e. The van der Waals surface area contributed by atoms with E-state index in [2.05, 4.69) is 48.9 Å². The lowest BCUT2D eigenvalue weighted by Crippen LogP contribution is -2.46. The van der Waals surface area contributed by atoms with Crippen LogP contribution in [0.4, 0.5) is 5.69 Å². The molecule has 1 aliphatic carbocycles. The Labute approximate surface area is 135 Å². The Balaban J connectivity index is 2.14. The predicted molar refractivity (Wildman–Crippen MR) is 91.2 cm³/mol. The van der Waals surface area contributed by atoms with Crippen LogP contribution in [-0.2, 0) is 0 Å². The third-order valence-corrected chi connectivity index (χ3v) is 5.05. The van der Waals surface area contributed by atoms with Gasteiger partial charge in [-0.2, -0.15) is 0 Å². The molecule has 0 aliphatic heterocycles. The molecule has 1 aromatic carbocycles. The van der Waals surface area contributed by atoms with Gasteiger partial charge in [0.15, 0.2) is 0 Å². The minimum Gasteiger partial charge on any atom is -0.398 e. The Morgan fingerprint density at radius 3 is 2.38 bits per heavy atom. The normalized spacial score (nSPS) is 21.0. The van der Waals surface area contributed by atoms with Gasteiger partial charge >= 0.3 is 0 Å². The molecule has 3 N–H and O–H groups in total. The second-order valence-corrected chi connectivity index (χ2v) is 8.59. The highest BCUT2D eigenvalue weighted by molar-refractivity contribution is 9.10. The van der Waals surface area contributed by atoms with E-state index in [1.807, 2.05) is 6.07 Å². The summed E-state index contributed by atoms with van der Waals surface area (Å²) in [6.45, 7) is 9.12. The van der Waals surface area contributed by atoms with Gasteiger partial charge in [-0.25, -0.2) is 0 Å². The zero-order valence-corrected chi connectivity index (χ0v) is 14.9. The molecule has 2 rings (SSSR count). The minimum absolute atomic E-state index is 0.0484. The van der Waals surface area contributed by atoms with E-state index in [0.29, 0.717) is 15.7 Å². The Bertz CT molecular complexity index is 536. The monoisotopic (exact) mass is 352 g/mol. The molecule has 1 aliphatic rings. The molecule has 1 saturated carbocycles. The summed E-state index contributed by atoms with van der Waals surface area (Å²) in [4.78, 5) is 12.5. The average Bonchev–Trinajstić information content (AvgIpc) is 2.28. The second kappa shape index (κ2) is 5.64. The van der Waals surface area contributed by atoms with Crippen molar-refractivity contribution >= 4 is 27.5 Å². The van der Waals surface area contributed by atoms with E-state index in [0.717, 1.165) is 12.8 Å². The average molecular weight is 353 g/mol. The Hall–Kier alpha value is -1.03. The first-order valence-electron chi connectivity index (χ1n) is 7.45. The van der Waals surface area contributed by atoms with E-state index in [1.54, 1.807) is 12.1 Å². The number of hydrogen-bond acceptors (Lipinski definition) is 2. The molecule has 3 nitrogen and oxygen atoms in total. The lowest BCUT2D eigenvalue weighted by atomic mass is 9.63. The molecule has 21 heavy (non-hydrogen) atoms. The van der Waals surface area contributed by atoms with Crippen molar-refractivity contribution in [2.75, 3.05) is 5.73 Å². The molecule has 0 bridgehead atoms. The first-order valence-corrected chi connectivity index (χ1v) is 8.24. The number of anilines is 1. The summed E-state index contributed by atoms with van der Waals surface area (Å²) < 4.78 is 0.678. The summed E-state index contributed by atoms with van der Waals surface area (Å²) in [5, 5.41) is 3.19. The number of hydrogen-bond donors (Lipinski definition) is 2. The molecule has 0 aromatic heterocycles. The fraction of sp³-hybridized carbons (Fsp3) is 0.588. The summed E-state index contributed by atoms with van der Waals surface area (Å²) in [7, 11) is 0. The standard InChI is InChI=1S/C17H25BrN2O/c1-16(2)8-11(9-17(3,4)10-16)20-15(21)12-6-5-7-13(19)14(12)18/h5-7,11H,8-10,19H2,1-4H3,(H,20,21). The third-order valence-electron chi connectivity index (χ3n) is 4.16. The van der Waals surface area contributed by atoms with Crippen LogP contribution in [0.25, 0.3) is 0 Å². The molecule has 0 spiro atoms. The van der Waals surface area contributed by atoms with Crippen molar-refractivity contribution in [3.05, 3.63) is 28.2 Å². The van der Waals surface area contributed by atoms with Gasteiger partial charge in [0.1, 0.15) is 0 Å². The quantitative estimate of drug-likeness (QED) is 0.776. The molecule has 1 amide bonds. The second-order valence-electron chi connectivity index (χ2n) is 7.79. The van der Waals surface area contributed by atoms with Gasteiger partial charge in [-0.15, -0.1) is 0 Å². The predicted octanol–water partition coefficient (Wildman–Crippen LogP) is 4.37. The number of nitrogen functional groups attached to an aromatic ring is 1. The van der Waals surface area contributed by atoms with Gasteiger partial charge in [-0.05, 0) is 58.2 Å². The fourth-order valence-electron chi connectivity index (χ4n) is 3.94. The van der Waals surface area contributed by atoms with E-state index in [-0.39, 0.29) is 22.8 Å². The van der Waals surface area contributed by atoms with Gasteiger partial charge in [0, 0.05) is 11.7 Å². The molecule has 1 aromatic rings. The van der Waals surface area contributed by atoms with Crippen molar-refractivity contribution in [3.8, 4) is 0 Å². The molecule has 4 heteroatoms. The Kier molecular flexibility index (Phi) is 4.39. The highest BCUT2D eigenvalue weighted by atomic mass is 79.9. The summed E-state index contributed by atoms with van der Waals surface area (Å²) in [5.74, 6) is -0.0484. The number of nitrogens with one attached hydrogen (secondary N) is 1. The van der Waals surface area contributed by atoms with Crippen LogP contribution in [0.1, 0.15) is 57.3 Å². The van der Waals surface area contributed by atoms with E-state index in [1.165, 1.54) is 6.42 Å². The molecule has 0 atom stereocenters. The minimum atomic E-state index is -0.0484. The van der Waals surface area contributed by atoms with Crippen LogP contribution in [0, 0.1) is 10.8 Å². The van der Waals surface area contributed by atoms with Crippen LogP contribution < -0.4 is 11.1 Å². The molecular formula is C17H25BrN2O. The van der Waals surface area contributed by atoms with Crippen LogP contribution in [0.15, 0.2) is 22.7 Å². The maximum atomic E-state index is 12.5. The number of amides is 1. The molecule has 0 unspecified atom stereocenters. The number of halogens is 1. The molecule has 0 saturated heterocycles. The van der Waals surface area contributed by atoms with Gasteiger partial charge in [0.25, 0.3) is 5.91 Å². The van der Waals surface area contributed by atoms with Crippen LogP contribution in [0.5, 0.6) is 0 Å². The SMILES string of the molecule is CC1(C)CC(NC(=O)c2cccc(N)c2Br)CC(C)(C)C1. The number of carbonyl (C=O) groups is 1. The van der Waals surface area contributed by atoms with Crippen LogP contribution in [0.2, 0.25) is 0 Å². The molecule has 1 fully saturated rings. The summed E-state index contributed by atoms with van der Waals surface area (Å²) in [5.41, 5.74) is 7.56. The lowest BCUT2D eigenvalue weighted by Gasteiger charge is -2.45.